The number of halogens is 3. The summed E-state index contributed by atoms with van der Waals surface area (Å²) in [5.41, 5.74) is -4.25. The van der Waals surface area contributed by atoms with E-state index in [1.165, 1.54) is 20.8 Å². The minimum absolute atomic E-state index is 0.00232. The first kappa shape index (κ1) is 24.3. The van der Waals surface area contributed by atoms with Crippen molar-refractivity contribution in [2.45, 2.75) is 26.9 Å². The fraction of sp³-hybridized carbons (Fsp3) is 0.250. The van der Waals surface area contributed by atoms with Gasteiger partial charge in [-0.3, -0.25) is 14.9 Å². The molecular weight excluding hydrogens is 437 g/mol. The van der Waals surface area contributed by atoms with Gasteiger partial charge < -0.3 is 15.2 Å². The number of esters is 1. The third-order valence-electron chi connectivity index (χ3n) is 4.48. The number of carboxylic acids is 1. The molecule has 0 unspecified atom stereocenters. The quantitative estimate of drug-likeness (QED) is 0.376. The van der Waals surface area contributed by atoms with Crippen LogP contribution >= 0.6 is 0 Å². The summed E-state index contributed by atoms with van der Waals surface area (Å²) in [5.74, 6) is -3.62. The molecule has 0 atom stereocenters. The summed E-state index contributed by atoms with van der Waals surface area (Å²) in [6, 6.07) is 2.74. The molecular formula is C20H17F3N2O7. The first-order chi connectivity index (χ1) is 14.8. The van der Waals surface area contributed by atoms with E-state index in [0.717, 1.165) is 12.1 Å². The minimum atomic E-state index is -5.05. The number of ether oxygens (including phenoxy) is 1. The number of nitro groups is 1. The average Bonchev–Trinajstić information content (AvgIpc) is 2.66. The number of non-ortho nitro benzene ring substituents is 1. The Labute approximate surface area is 178 Å². The standard InChI is InChI=1S/C20H17F3N2O7/c1-4-32-19(29)15-9(2)7-12(18(27)28)16(10(15)3)17(26)24-14-6-5-11(25(30)31)8-13(14)20(21,22)23/h5-8H,4H2,1-3H3,(H,24,26)(H,27,28). The van der Waals surface area contributed by atoms with Gasteiger partial charge in [0.15, 0.2) is 0 Å². The van der Waals surface area contributed by atoms with Crippen molar-refractivity contribution in [1.29, 1.82) is 0 Å². The molecule has 2 rings (SSSR count). The number of benzene rings is 2. The Morgan fingerprint density at radius 2 is 1.78 bits per heavy atom. The zero-order valence-electron chi connectivity index (χ0n) is 17.0. The molecule has 0 aliphatic rings. The maximum absolute atomic E-state index is 13.4. The van der Waals surface area contributed by atoms with Crippen molar-refractivity contribution in [2.24, 2.45) is 0 Å². The molecule has 0 saturated heterocycles. The van der Waals surface area contributed by atoms with Crippen molar-refractivity contribution in [1.82, 2.24) is 0 Å². The summed E-state index contributed by atoms with van der Waals surface area (Å²) in [7, 11) is 0. The van der Waals surface area contributed by atoms with Gasteiger partial charge in [-0.25, -0.2) is 9.59 Å². The van der Waals surface area contributed by atoms with Crippen LogP contribution in [0.5, 0.6) is 0 Å². The van der Waals surface area contributed by atoms with Gasteiger partial charge >= 0.3 is 18.1 Å². The SMILES string of the molecule is CCOC(=O)c1c(C)cc(C(=O)O)c(C(=O)Nc2ccc([N+](=O)[O-])cc2C(F)(F)F)c1C. The van der Waals surface area contributed by atoms with Crippen molar-refractivity contribution in [3.63, 3.8) is 0 Å². The molecule has 2 N–H and O–H groups in total. The van der Waals surface area contributed by atoms with Gasteiger partial charge in [0.1, 0.15) is 0 Å². The van der Waals surface area contributed by atoms with Crippen LogP contribution in [0.4, 0.5) is 24.5 Å². The molecule has 32 heavy (non-hydrogen) atoms. The molecule has 2 aromatic carbocycles. The van der Waals surface area contributed by atoms with Gasteiger partial charge in [-0.1, -0.05) is 0 Å². The summed E-state index contributed by atoms with van der Waals surface area (Å²) in [6.45, 7) is 4.22. The Bertz CT molecular complexity index is 1130. The Kier molecular flexibility index (Phi) is 6.87. The molecule has 0 saturated carbocycles. The van der Waals surface area contributed by atoms with Crippen molar-refractivity contribution < 1.29 is 42.3 Å². The maximum atomic E-state index is 13.4. The molecule has 1 amide bonds. The van der Waals surface area contributed by atoms with Crippen LogP contribution < -0.4 is 5.32 Å². The molecule has 170 valence electrons. The van der Waals surface area contributed by atoms with Crippen molar-refractivity contribution >= 4 is 29.2 Å². The minimum Gasteiger partial charge on any atom is -0.478 e. The highest BCUT2D eigenvalue weighted by Crippen LogP contribution is 2.37. The van der Waals surface area contributed by atoms with Crippen LogP contribution in [0.15, 0.2) is 24.3 Å². The first-order valence-electron chi connectivity index (χ1n) is 9.01. The topological polar surface area (TPSA) is 136 Å². The summed E-state index contributed by atoms with van der Waals surface area (Å²) >= 11 is 0. The van der Waals surface area contributed by atoms with Crippen molar-refractivity contribution in [3.8, 4) is 0 Å². The third-order valence-corrected chi connectivity index (χ3v) is 4.48. The number of nitrogens with zero attached hydrogens (tertiary/aromatic N) is 1. The smallest absolute Gasteiger partial charge is 0.418 e. The van der Waals surface area contributed by atoms with Gasteiger partial charge in [0.2, 0.25) is 0 Å². The van der Waals surface area contributed by atoms with Gasteiger partial charge in [-0.2, -0.15) is 13.2 Å². The number of nitro benzene ring substituents is 1. The fourth-order valence-corrected chi connectivity index (χ4v) is 3.14. The number of aryl methyl sites for hydroxylation is 1. The van der Waals surface area contributed by atoms with E-state index >= 15 is 0 Å². The van der Waals surface area contributed by atoms with E-state index in [0.29, 0.717) is 6.07 Å². The van der Waals surface area contributed by atoms with Crippen LogP contribution in [0.25, 0.3) is 0 Å². The van der Waals surface area contributed by atoms with Crippen LogP contribution in [0.3, 0.4) is 0 Å². The molecule has 0 aromatic heterocycles. The Morgan fingerprint density at radius 3 is 2.28 bits per heavy atom. The summed E-state index contributed by atoms with van der Waals surface area (Å²) in [6.07, 6.45) is -5.05. The number of alkyl halides is 3. The molecule has 0 bridgehead atoms. The second kappa shape index (κ2) is 9.04. The normalized spacial score (nSPS) is 11.1. The zero-order valence-corrected chi connectivity index (χ0v) is 17.0. The zero-order chi connectivity index (χ0) is 24.4. The van der Waals surface area contributed by atoms with Gasteiger partial charge in [-0.15, -0.1) is 0 Å². The second-order valence-electron chi connectivity index (χ2n) is 6.58. The van der Waals surface area contributed by atoms with Crippen LogP contribution in [0.1, 0.15) is 54.7 Å². The van der Waals surface area contributed by atoms with Crippen LogP contribution in [0.2, 0.25) is 0 Å². The van der Waals surface area contributed by atoms with Crippen LogP contribution in [0, 0.1) is 24.0 Å². The fourth-order valence-electron chi connectivity index (χ4n) is 3.14. The van der Waals surface area contributed by atoms with E-state index in [9.17, 15) is 42.8 Å². The number of hydrogen-bond donors (Lipinski definition) is 2. The number of hydrogen-bond acceptors (Lipinski definition) is 6. The number of amides is 1. The molecule has 0 aliphatic carbocycles. The average molecular weight is 454 g/mol. The summed E-state index contributed by atoms with van der Waals surface area (Å²) < 4.78 is 45.1. The van der Waals surface area contributed by atoms with E-state index < -0.39 is 57.0 Å². The molecule has 0 fully saturated rings. The number of aromatic carboxylic acids is 1. The lowest BCUT2D eigenvalue weighted by Crippen LogP contribution is -2.23. The Hall–Kier alpha value is -3.96. The monoisotopic (exact) mass is 454 g/mol. The van der Waals surface area contributed by atoms with Gasteiger partial charge in [0.05, 0.1) is 39.5 Å². The molecule has 0 radical (unpaired) electrons. The lowest BCUT2D eigenvalue weighted by Gasteiger charge is -2.18. The van der Waals surface area contributed by atoms with E-state index in [1.807, 2.05) is 5.32 Å². The van der Waals surface area contributed by atoms with Crippen molar-refractivity contribution in [2.75, 3.05) is 11.9 Å². The number of nitrogens with one attached hydrogen (secondary N) is 1. The number of carbonyl (C=O) groups is 3. The number of anilines is 1. The van der Waals surface area contributed by atoms with Gasteiger partial charge in [0, 0.05) is 12.1 Å². The molecule has 2 aromatic rings. The molecule has 0 heterocycles. The highest BCUT2D eigenvalue weighted by molar-refractivity contribution is 6.13. The Balaban J connectivity index is 2.66. The molecule has 9 nitrogen and oxygen atoms in total. The Morgan fingerprint density at radius 1 is 1.16 bits per heavy atom. The van der Waals surface area contributed by atoms with E-state index in [1.54, 1.807) is 0 Å². The second-order valence-corrected chi connectivity index (χ2v) is 6.58. The lowest BCUT2D eigenvalue weighted by molar-refractivity contribution is -0.385. The molecule has 12 heteroatoms. The molecule has 0 aliphatic heterocycles. The highest BCUT2D eigenvalue weighted by atomic mass is 19.4. The van der Waals surface area contributed by atoms with E-state index in [2.05, 4.69) is 0 Å². The van der Waals surface area contributed by atoms with Gasteiger partial charge in [0.25, 0.3) is 11.6 Å². The van der Waals surface area contributed by atoms with E-state index in [-0.39, 0.29) is 29.4 Å². The number of carboxylic acid groups (broad SMARTS) is 1. The molecule has 0 spiro atoms. The summed E-state index contributed by atoms with van der Waals surface area (Å²) in [5, 5.41) is 22.3. The largest absolute Gasteiger partial charge is 0.478 e. The number of carbonyl (C=O) groups excluding carboxylic acids is 2. The number of rotatable bonds is 6. The van der Waals surface area contributed by atoms with Gasteiger partial charge in [-0.05, 0) is 44.0 Å². The highest BCUT2D eigenvalue weighted by Gasteiger charge is 2.36. The third kappa shape index (κ3) is 4.85. The maximum Gasteiger partial charge on any atom is 0.418 e. The van der Waals surface area contributed by atoms with Crippen LogP contribution in [-0.4, -0.2) is 34.5 Å². The predicted molar refractivity (Wildman–Crippen MR) is 105 cm³/mol. The predicted octanol–water partition coefficient (Wildman–Crippen LogP) is 4.36. The summed E-state index contributed by atoms with van der Waals surface area (Å²) in [4.78, 5) is 46.6. The van der Waals surface area contributed by atoms with Crippen LogP contribution in [-0.2, 0) is 10.9 Å². The lowest BCUT2D eigenvalue weighted by atomic mass is 9.92. The van der Waals surface area contributed by atoms with Crippen molar-refractivity contribution in [3.05, 3.63) is 67.8 Å². The first-order valence-corrected chi connectivity index (χ1v) is 9.01. The van der Waals surface area contributed by atoms with E-state index in [4.69, 9.17) is 4.74 Å².